The number of amides is 1. The maximum absolute atomic E-state index is 11.8. The van der Waals surface area contributed by atoms with E-state index in [4.69, 9.17) is 0 Å². The summed E-state index contributed by atoms with van der Waals surface area (Å²) < 4.78 is 0. The van der Waals surface area contributed by atoms with E-state index in [1.807, 2.05) is 19.1 Å². The van der Waals surface area contributed by atoms with Crippen LogP contribution >= 0.6 is 11.8 Å². The van der Waals surface area contributed by atoms with Crippen LogP contribution in [0.5, 0.6) is 0 Å². The average molecular weight is 251 g/mol. The summed E-state index contributed by atoms with van der Waals surface area (Å²) in [6, 6.07) is 8.16. The van der Waals surface area contributed by atoms with Crippen molar-refractivity contribution >= 4 is 17.7 Å². The van der Waals surface area contributed by atoms with Crippen LogP contribution in [0, 0.1) is 12.8 Å². The largest absolute Gasteiger partial charge is 0.355 e. The standard InChI is InChI=1S/C14H21NOS/c1-10(2)9-15-14(16)12(4)17-13-8-6-5-7-11(13)3/h5-8,10,12H,9H2,1-4H3,(H,15,16). The van der Waals surface area contributed by atoms with E-state index in [0.717, 1.165) is 6.54 Å². The second-order valence-corrected chi connectivity index (χ2v) is 6.05. The van der Waals surface area contributed by atoms with Crippen molar-refractivity contribution in [3.63, 3.8) is 0 Å². The molecular formula is C14H21NOS. The van der Waals surface area contributed by atoms with Crippen molar-refractivity contribution in [3.05, 3.63) is 29.8 Å². The highest BCUT2D eigenvalue weighted by molar-refractivity contribution is 8.00. The molecule has 0 aliphatic carbocycles. The summed E-state index contributed by atoms with van der Waals surface area (Å²) in [5.74, 6) is 0.613. The van der Waals surface area contributed by atoms with Gasteiger partial charge in [-0.25, -0.2) is 0 Å². The van der Waals surface area contributed by atoms with Gasteiger partial charge in [0.1, 0.15) is 0 Å². The molecule has 1 N–H and O–H groups in total. The van der Waals surface area contributed by atoms with E-state index in [1.54, 1.807) is 11.8 Å². The smallest absolute Gasteiger partial charge is 0.233 e. The Balaban J connectivity index is 2.51. The van der Waals surface area contributed by atoms with Crippen LogP contribution in [0.4, 0.5) is 0 Å². The summed E-state index contributed by atoms with van der Waals surface area (Å²) in [6.07, 6.45) is 0. The van der Waals surface area contributed by atoms with Crippen molar-refractivity contribution in [2.45, 2.75) is 37.8 Å². The molecule has 0 saturated heterocycles. The summed E-state index contributed by atoms with van der Waals surface area (Å²) in [5.41, 5.74) is 1.22. The van der Waals surface area contributed by atoms with Crippen molar-refractivity contribution in [3.8, 4) is 0 Å². The zero-order chi connectivity index (χ0) is 12.8. The first-order chi connectivity index (χ1) is 8.00. The first-order valence-corrected chi connectivity index (χ1v) is 6.88. The zero-order valence-corrected chi connectivity index (χ0v) is 11.8. The van der Waals surface area contributed by atoms with Gasteiger partial charge in [0.25, 0.3) is 0 Å². The van der Waals surface area contributed by atoms with Crippen LogP contribution < -0.4 is 5.32 Å². The van der Waals surface area contributed by atoms with Crippen LogP contribution in [0.15, 0.2) is 29.2 Å². The highest BCUT2D eigenvalue weighted by Crippen LogP contribution is 2.26. The van der Waals surface area contributed by atoms with Gasteiger partial charge in [-0.3, -0.25) is 4.79 Å². The van der Waals surface area contributed by atoms with Gasteiger partial charge in [-0.05, 0) is 31.4 Å². The Kier molecular flexibility index (Phi) is 5.56. The topological polar surface area (TPSA) is 29.1 Å². The first-order valence-electron chi connectivity index (χ1n) is 6.00. The molecule has 0 aromatic heterocycles. The Morgan fingerprint density at radius 1 is 1.29 bits per heavy atom. The second-order valence-electron chi connectivity index (χ2n) is 4.66. The summed E-state index contributed by atoms with van der Waals surface area (Å²) in [4.78, 5) is 13.0. The summed E-state index contributed by atoms with van der Waals surface area (Å²) in [5, 5.41) is 2.92. The Hall–Kier alpha value is -0.960. The van der Waals surface area contributed by atoms with E-state index >= 15 is 0 Å². The number of aryl methyl sites for hydroxylation is 1. The summed E-state index contributed by atoms with van der Waals surface area (Å²) >= 11 is 1.62. The molecule has 0 saturated carbocycles. The van der Waals surface area contributed by atoms with E-state index in [1.165, 1.54) is 10.5 Å². The van der Waals surface area contributed by atoms with Crippen molar-refractivity contribution in [2.24, 2.45) is 5.92 Å². The van der Waals surface area contributed by atoms with E-state index in [-0.39, 0.29) is 11.2 Å². The number of hydrogen-bond acceptors (Lipinski definition) is 2. The number of rotatable bonds is 5. The van der Waals surface area contributed by atoms with E-state index in [0.29, 0.717) is 5.92 Å². The lowest BCUT2D eigenvalue weighted by molar-refractivity contribution is -0.120. The number of nitrogens with one attached hydrogen (secondary N) is 1. The molecule has 0 radical (unpaired) electrons. The molecule has 2 nitrogen and oxygen atoms in total. The fourth-order valence-electron chi connectivity index (χ4n) is 1.38. The van der Waals surface area contributed by atoms with Crippen LogP contribution in [0.1, 0.15) is 26.3 Å². The quantitative estimate of drug-likeness (QED) is 0.814. The Labute approximate surface area is 108 Å². The minimum atomic E-state index is -0.0464. The van der Waals surface area contributed by atoms with Crippen molar-refractivity contribution in [1.29, 1.82) is 0 Å². The molecular weight excluding hydrogens is 230 g/mol. The van der Waals surface area contributed by atoms with Crippen molar-refractivity contribution in [1.82, 2.24) is 5.32 Å². The molecule has 0 fully saturated rings. The normalized spacial score (nSPS) is 12.5. The Bertz CT molecular complexity index is 376. The predicted molar refractivity (Wildman–Crippen MR) is 74.3 cm³/mol. The van der Waals surface area contributed by atoms with Gasteiger partial charge in [-0.1, -0.05) is 32.0 Å². The number of carbonyl (C=O) groups excluding carboxylic acids is 1. The molecule has 1 aromatic rings. The third-order valence-electron chi connectivity index (χ3n) is 2.45. The van der Waals surface area contributed by atoms with Crippen LogP contribution in [0.3, 0.4) is 0 Å². The molecule has 0 aliphatic heterocycles. The van der Waals surface area contributed by atoms with Gasteiger partial charge >= 0.3 is 0 Å². The molecule has 1 aromatic carbocycles. The summed E-state index contributed by atoms with van der Waals surface area (Å²) in [7, 11) is 0. The van der Waals surface area contributed by atoms with Gasteiger partial charge in [0.2, 0.25) is 5.91 Å². The molecule has 1 unspecified atom stereocenters. The van der Waals surface area contributed by atoms with E-state index < -0.39 is 0 Å². The van der Waals surface area contributed by atoms with Gasteiger partial charge in [0, 0.05) is 11.4 Å². The number of benzene rings is 1. The number of carbonyl (C=O) groups is 1. The third-order valence-corrected chi connectivity index (χ3v) is 3.73. The summed E-state index contributed by atoms with van der Waals surface area (Å²) in [6.45, 7) is 8.96. The molecule has 1 amide bonds. The zero-order valence-electron chi connectivity index (χ0n) is 11.0. The highest BCUT2D eigenvalue weighted by Gasteiger charge is 2.14. The maximum Gasteiger partial charge on any atom is 0.233 e. The van der Waals surface area contributed by atoms with Gasteiger partial charge in [-0.15, -0.1) is 11.8 Å². The first kappa shape index (κ1) is 14.1. The fraction of sp³-hybridized carbons (Fsp3) is 0.500. The molecule has 0 spiro atoms. The SMILES string of the molecule is Cc1ccccc1SC(C)C(=O)NCC(C)C. The van der Waals surface area contributed by atoms with Gasteiger partial charge < -0.3 is 5.32 Å². The minimum absolute atomic E-state index is 0.0464. The molecule has 94 valence electrons. The molecule has 0 bridgehead atoms. The van der Waals surface area contributed by atoms with Crippen molar-refractivity contribution < 1.29 is 4.79 Å². The fourth-order valence-corrected chi connectivity index (χ4v) is 2.36. The van der Waals surface area contributed by atoms with Crippen LogP contribution in [0.25, 0.3) is 0 Å². The van der Waals surface area contributed by atoms with Gasteiger partial charge in [-0.2, -0.15) is 0 Å². The highest BCUT2D eigenvalue weighted by atomic mass is 32.2. The van der Waals surface area contributed by atoms with Crippen molar-refractivity contribution in [2.75, 3.05) is 6.54 Å². The average Bonchev–Trinajstić information content (AvgIpc) is 2.28. The second kappa shape index (κ2) is 6.70. The number of thioether (sulfide) groups is 1. The maximum atomic E-state index is 11.8. The van der Waals surface area contributed by atoms with Crippen LogP contribution in [0.2, 0.25) is 0 Å². The lowest BCUT2D eigenvalue weighted by Gasteiger charge is -2.14. The minimum Gasteiger partial charge on any atom is -0.355 e. The van der Waals surface area contributed by atoms with Gasteiger partial charge in [0.05, 0.1) is 5.25 Å². The van der Waals surface area contributed by atoms with E-state index in [2.05, 4.69) is 38.2 Å². The Morgan fingerprint density at radius 3 is 2.53 bits per heavy atom. The molecule has 0 heterocycles. The lowest BCUT2D eigenvalue weighted by Crippen LogP contribution is -2.33. The predicted octanol–water partition coefficient (Wildman–Crippen LogP) is 3.25. The van der Waals surface area contributed by atoms with E-state index in [9.17, 15) is 4.79 Å². The molecule has 1 rings (SSSR count). The molecule has 0 aliphatic rings. The third kappa shape index (κ3) is 4.82. The molecule has 3 heteroatoms. The van der Waals surface area contributed by atoms with Crippen LogP contribution in [-0.4, -0.2) is 17.7 Å². The number of hydrogen-bond donors (Lipinski definition) is 1. The Morgan fingerprint density at radius 2 is 1.94 bits per heavy atom. The molecule has 1 atom stereocenters. The molecule has 17 heavy (non-hydrogen) atoms. The monoisotopic (exact) mass is 251 g/mol. The van der Waals surface area contributed by atoms with Gasteiger partial charge in [0.15, 0.2) is 0 Å². The van der Waals surface area contributed by atoms with Crippen LogP contribution in [-0.2, 0) is 4.79 Å². The lowest BCUT2D eigenvalue weighted by atomic mass is 10.2.